The fraction of sp³-hybridized carbons (Fsp3) is 0.684. The molecule has 178 valence electrons. The van der Waals surface area contributed by atoms with Crippen molar-refractivity contribution in [2.45, 2.75) is 70.3 Å². The van der Waals surface area contributed by atoms with Crippen LogP contribution in [-0.4, -0.2) is 60.6 Å². The minimum Gasteiger partial charge on any atom is -0.394 e. The summed E-state index contributed by atoms with van der Waals surface area (Å²) in [7, 11) is 0. The van der Waals surface area contributed by atoms with E-state index in [0.717, 1.165) is 10.9 Å². The van der Waals surface area contributed by atoms with Crippen LogP contribution in [0, 0.1) is 5.92 Å². The molecule has 2 aromatic rings. The number of alkyl halides is 4. The molecule has 32 heavy (non-hydrogen) atoms. The number of aliphatic hydroxyl groups is 2. The summed E-state index contributed by atoms with van der Waals surface area (Å²) in [6.45, 7) is 3.10. The van der Waals surface area contributed by atoms with Crippen molar-refractivity contribution in [2.75, 3.05) is 11.9 Å². The number of fused-ring (bicyclic) bond motifs is 1. The first-order chi connectivity index (χ1) is 15.1. The van der Waals surface area contributed by atoms with Gasteiger partial charge in [0.05, 0.1) is 12.9 Å². The minimum absolute atomic E-state index is 0.184. The molecule has 1 saturated heterocycles. The Morgan fingerprint density at radius 3 is 2.47 bits per heavy atom. The van der Waals surface area contributed by atoms with Crippen molar-refractivity contribution in [3.05, 3.63) is 12.2 Å². The van der Waals surface area contributed by atoms with Gasteiger partial charge in [0.2, 0.25) is 11.7 Å². The number of hydrogen-bond donors (Lipinski definition) is 3. The second kappa shape index (κ2) is 9.63. The SMILES string of the molecule is CCCC(CCC)C(=O)Nc1nc(C(F)(F)F)nc2c1ncn2[C@@H]1O[C@H](CO)[C@@H](O)[C@@H]1F. The summed E-state index contributed by atoms with van der Waals surface area (Å²) in [5.41, 5.74) is -0.612. The molecule has 0 unspecified atom stereocenters. The summed E-state index contributed by atoms with van der Waals surface area (Å²) in [6.07, 6.45) is -8.00. The van der Waals surface area contributed by atoms with Crippen molar-refractivity contribution in [3.63, 3.8) is 0 Å². The molecule has 3 N–H and O–H groups in total. The van der Waals surface area contributed by atoms with Gasteiger partial charge in [-0.05, 0) is 12.8 Å². The molecule has 0 saturated carbocycles. The van der Waals surface area contributed by atoms with Crippen LogP contribution in [0.4, 0.5) is 23.4 Å². The van der Waals surface area contributed by atoms with Gasteiger partial charge in [-0.2, -0.15) is 13.2 Å². The highest BCUT2D eigenvalue weighted by molar-refractivity contribution is 5.98. The average Bonchev–Trinajstić information content (AvgIpc) is 3.28. The van der Waals surface area contributed by atoms with Crippen molar-refractivity contribution in [2.24, 2.45) is 5.92 Å². The Morgan fingerprint density at radius 2 is 1.94 bits per heavy atom. The lowest BCUT2D eigenvalue weighted by atomic mass is 9.97. The standard InChI is InChI=1S/C19H25F4N5O4/c1-3-5-9(6-4-2)16(31)25-14-12-15(27-18(26-14)19(21,22)23)28(8-24-12)17-11(20)13(30)10(7-29)32-17/h8-11,13,17,29-30H,3-7H2,1-2H3,(H,25,26,27,31)/t10-,11+,13-,17-/m1/s1. The Hall–Kier alpha value is -2.38. The zero-order chi connectivity index (χ0) is 23.6. The number of ether oxygens (including phenoxy) is 1. The number of rotatable bonds is 8. The zero-order valence-corrected chi connectivity index (χ0v) is 17.5. The summed E-state index contributed by atoms with van der Waals surface area (Å²) in [5.74, 6) is -2.90. The first-order valence-electron chi connectivity index (χ1n) is 10.3. The molecule has 1 aliphatic rings. The van der Waals surface area contributed by atoms with Crippen LogP contribution in [0.1, 0.15) is 51.6 Å². The minimum atomic E-state index is -4.95. The highest BCUT2D eigenvalue weighted by atomic mass is 19.4. The van der Waals surface area contributed by atoms with E-state index in [2.05, 4.69) is 20.3 Å². The van der Waals surface area contributed by atoms with Gasteiger partial charge in [-0.1, -0.05) is 26.7 Å². The van der Waals surface area contributed by atoms with Gasteiger partial charge in [-0.15, -0.1) is 0 Å². The van der Waals surface area contributed by atoms with E-state index in [1.165, 1.54) is 0 Å². The van der Waals surface area contributed by atoms with Gasteiger partial charge in [0.25, 0.3) is 0 Å². The largest absolute Gasteiger partial charge is 0.451 e. The number of anilines is 1. The normalized spacial score (nSPS) is 23.9. The van der Waals surface area contributed by atoms with E-state index in [4.69, 9.17) is 4.74 Å². The van der Waals surface area contributed by atoms with Crippen molar-refractivity contribution >= 4 is 22.9 Å². The van der Waals surface area contributed by atoms with Gasteiger partial charge >= 0.3 is 6.18 Å². The molecule has 1 amide bonds. The first-order valence-corrected chi connectivity index (χ1v) is 10.3. The number of nitrogens with one attached hydrogen (secondary N) is 1. The third kappa shape index (κ3) is 4.69. The third-order valence-electron chi connectivity index (χ3n) is 5.31. The average molecular weight is 463 g/mol. The molecule has 3 rings (SSSR count). The predicted octanol–water partition coefficient (Wildman–Crippen LogP) is 2.59. The van der Waals surface area contributed by atoms with E-state index >= 15 is 0 Å². The molecule has 1 aliphatic heterocycles. The monoisotopic (exact) mass is 463 g/mol. The van der Waals surface area contributed by atoms with Crippen LogP contribution in [0.25, 0.3) is 11.2 Å². The second-order valence-electron chi connectivity index (χ2n) is 7.66. The smallest absolute Gasteiger partial charge is 0.394 e. The lowest BCUT2D eigenvalue weighted by molar-refractivity contribution is -0.144. The third-order valence-corrected chi connectivity index (χ3v) is 5.31. The van der Waals surface area contributed by atoms with E-state index < -0.39 is 66.5 Å². The molecule has 9 nitrogen and oxygen atoms in total. The lowest BCUT2D eigenvalue weighted by Gasteiger charge is -2.17. The number of aromatic nitrogens is 4. The van der Waals surface area contributed by atoms with Crippen molar-refractivity contribution < 1.29 is 37.3 Å². The molecule has 0 aliphatic carbocycles. The van der Waals surface area contributed by atoms with E-state index in [0.29, 0.717) is 25.7 Å². The van der Waals surface area contributed by atoms with Crippen LogP contribution in [0.15, 0.2) is 6.33 Å². The molecule has 1 fully saturated rings. The number of halogens is 4. The molecule has 4 atom stereocenters. The maximum absolute atomic E-state index is 14.6. The molecular weight excluding hydrogens is 438 g/mol. The lowest BCUT2D eigenvalue weighted by Crippen LogP contribution is -2.30. The van der Waals surface area contributed by atoms with Gasteiger partial charge < -0.3 is 20.3 Å². The number of aliphatic hydroxyl groups excluding tert-OH is 2. The molecule has 0 spiro atoms. The first kappa shape index (κ1) is 24.3. The quantitative estimate of drug-likeness (QED) is 0.515. The maximum atomic E-state index is 14.6. The van der Waals surface area contributed by atoms with Crippen LogP contribution in [-0.2, 0) is 15.7 Å². The van der Waals surface area contributed by atoms with E-state index in [1.54, 1.807) is 0 Å². The maximum Gasteiger partial charge on any atom is 0.451 e. The summed E-state index contributed by atoms with van der Waals surface area (Å²) < 4.78 is 61.1. The number of carbonyl (C=O) groups is 1. The Morgan fingerprint density at radius 1 is 1.28 bits per heavy atom. The topological polar surface area (TPSA) is 122 Å². The Bertz CT molecular complexity index is 948. The zero-order valence-electron chi connectivity index (χ0n) is 17.5. The predicted molar refractivity (Wildman–Crippen MR) is 104 cm³/mol. The molecule has 0 radical (unpaired) electrons. The van der Waals surface area contributed by atoms with Gasteiger partial charge in [0.15, 0.2) is 29.4 Å². The summed E-state index contributed by atoms with van der Waals surface area (Å²) in [4.78, 5) is 23.6. The second-order valence-corrected chi connectivity index (χ2v) is 7.66. The van der Waals surface area contributed by atoms with Crippen LogP contribution in [0.3, 0.4) is 0 Å². The number of carbonyl (C=O) groups excluding carboxylic acids is 1. The van der Waals surface area contributed by atoms with Crippen molar-refractivity contribution in [3.8, 4) is 0 Å². The number of nitrogens with zero attached hydrogens (tertiary/aromatic N) is 4. The van der Waals surface area contributed by atoms with E-state index in [9.17, 15) is 32.6 Å². The highest BCUT2D eigenvalue weighted by Crippen LogP contribution is 2.36. The Balaban J connectivity index is 2.05. The number of imidazole rings is 1. The van der Waals surface area contributed by atoms with Gasteiger partial charge in [0, 0.05) is 5.92 Å². The van der Waals surface area contributed by atoms with Crippen LogP contribution >= 0.6 is 0 Å². The fourth-order valence-electron chi connectivity index (χ4n) is 3.72. The molecule has 0 bridgehead atoms. The van der Waals surface area contributed by atoms with Crippen LogP contribution < -0.4 is 5.32 Å². The van der Waals surface area contributed by atoms with Crippen LogP contribution in [0.5, 0.6) is 0 Å². The summed E-state index contributed by atoms with van der Waals surface area (Å²) in [6, 6.07) is 0. The Labute approximate surface area is 180 Å². The van der Waals surface area contributed by atoms with Gasteiger partial charge in [-0.3, -0.25) is 9.36 Å². The van der Waals surface area contributed by atoms with Crippen molar-refractivity contribution in [1.29, 1.82) is 0 Å². The number of hydrogen-bond acceptors (Lipinski definition) is 7. The fourth-order valence-corrected chi connectivity index (χ4v) is 3.72. The van der Waals surface area contributed by atoms with Gasteiger partial charge in [0.1, 0.15) is 12.2 Å². The van der Waals surface area contributed by atoms with Gasteiger partial charge in [-0.25, -0.2) is 19.3 Å². The highest BCUT2D eigenvalue weighted by Gasteiger charge is 2.46. The molecule has 13 heteroatoms. The van der Waals surface area contributed by atoms with Crippen LogP contribution in [0.2, 0.25) is 0 Å². The molecule has 3 heterocycles. The summed E-state index contributed by atoms with van der Waals surface area (Å²) in [5, 5.41) is 21.5. The molecule has 2 aromatic heterocycles. The Kier molecular flexibility index (Phi) is 7.30. The summed E-state index contributed by atoms with van der Waals surface area (Å²) >= 11 is 0. The van der Waals surface area contributed by atoms with Crippen molar-refractivity contribution in [1.82, 2.24) is 19.5 Å². The number of amides is 1. The molecular formula is C19H25F4N5O4. The van der Waals surface area contributed by atoms with E-state index in [-0.39, 0.29) is 5.52 Å². The molecule has 0 aromatic carbocycles. The van der Waals surface area contributed by atoms with E-state index in [1.807, 2.05) is 13.8 Å².